The summed E-state index contributed by atoms with van der Waals surface area (Å²) >= 11 is 0. The molecule has 0 atom stereocenters. The number of aromatic nitrogens is 2. The molecule has 0 saturated heterocycles. The molecule has 0 aliphatic carbocycles. The zero-order valence-electron chi connectivity index (χ0n) is 15.9. The number of hydrogen-bond acceptors (Lipinski definition) is 7. The smallest absolute Gasteiger partial charge is 0.241 e. The molecule has 2 aromatic heterocycles. The molecule has 0 bridgehead atoms. The number of rotatable bonds is 4. The Kier molecular flexibility index (Phi) is 4.98. The average molecular weight is 456 g/mol. The summed E-state index contributed by atoms with van der Waals surface area (Å²) in [6.07, 6.45) is 3.06. The predicted octanol–water partition coefficient (Wildman–Crippen LogP) is 1.84. The molecular formula is C20H17N5O4S2. The molecule has 0 fully saturated rings. The highest BCUT2D eigenvalue weighted by molar-refractivity contribution is 7.89. The van der Waals surface area contributed by atoms with Gasteiger partial charge in [0.2, 0.25) is 20.0 Å². The highest BCUT2D eigenvalue weighted by Gasteiger charge is 2.16. The molecule has 4 rings (SSSR count). The number of pyridine rings is 2. The van der Waals surface area contributed by atoms with Crippen molar-refractivity contribution in [2.45, 2.75) is 9.79 Å². The van der Waals surface area contributed by atoms with Crippen LogP contribution in [0.3, 0.4) is 0 Å². The Labute approximate surface area is 178 Å². The maximum absolute atomic E-state index is 11.8. The standard InChI is InChI=1S/C20H17N5O4S2/c21-20-19(31(23,28)29)10-14(11-25-20)12-4-5-18-17(9-12)16(6-7-24-18)13-2-1-3-15(8-13)30(22,26)27/h1-11H,(H2,21,25)(H2,22,26,27)(H2,23,28,29). The lowest BCUT2D eigenvalue weighted by molar-refractivity contribution is 0.596. The van der Waals surface area contributed by atoms with Gasteiger partial charge in [0, 0.05) is 23.3 Å². The minimum Gasteiger partial charge on any atom is -0.383 e. The number of benzene rings is 2. The zero-order valence-corrected chi connectivity index (χ0v) is 17.6. The van der Waals surface area contributed by atoms with Gasteiger partial charge in [-0.1, -0.05) is 18.2 Å². The van der Waals surface area contributed by atoms with Gasteiger partial charge >= 0.3 is 0 Å². The van der Waals surface area contributed by atoms with Crippen LogP contribution in [-0.4, -0.2) is 26.8 Å². The van der Waals surface area contributed by atoms with Crippen LogP contribution in [-0.2, 0) is 20.0 Å². The van der Waals surface area contributed by atoms with Gasteiger partial charge in [-0.25, -0.2) is 32.1 Å². The molecule has 0 amide bonds. The van der Waals surface area contributed by atoms with Crippen molar-refractivity contribution in [3.05, 3.63) is 67.0 Å². The van der Waals surface area contributed by atoms with Crippen molar-refractivity contribution in [1.29, 1.82) is 0 Å². The van der Waals surface area contributed by atoms with E-state index in [0.29, 0.717) is 22.2 Å². The van der Waals surface area contributed by atoms with Gasteiger partial charge in [-0.3, -0.25) is 4.98 Å². The van der Waals surface area contributed by atoms with Gasteiger partial charge in [-0.05, 0) is 53.1 Å². The number of hydrogen-bond donors (Lipinski definition) is 3. The molecule has 0 aliphatic heterocycles. The molecule has 0 aliphatic rings. The van der Waals surface area contributed by atoms with E-state index in [1.807, 2.05) is 0 Å². The number of primary sulfonamides is 2. The Morgan fingerprint density at radius 3 is 2.23 bits per heavy atom. The second-order valence-corrected chi connectivity index (χ2v) is 9.91. The molecule has 2 aromatic carbocycles. The molecule has 4 aromatic rings. The summed E-state index contributed by atoms with van der Waals surface area (Å²) in [6.45, 7) is 0. The van der Waals surface area contributed by atoms with Gasteiger partial charge in [-0.15, -0.1) is 0 Å². The molecule has 158 valence electrons. The van der Waals surface area contributed by atoms with Crippen LogP contribution in [0.2, 0.25) is 0 Å². The molecule has 0 unspecified atom stereocenters. The minimum absolute atomic E-state index is 0.00774. The first-order valence-corrected chi connectivity index (χ1v) is 11.9. The highest BCUT2D eigenvalue weighted by Crippen LogP contribution is 2.33. The number of anilines is 1. The third-order valence-corrected chi connectivity index (χ3v) is 6.59. The fourth-order valence-electron chi connectivity index (χ4n) is 3.26. The summed E-state index contributed by atoms with van der Waals surface area (Å²) < 4.78 is 47.1. The van der Waals surface area contributed by atoms with Gasteiger partial charge in [0.05, 0.1) is 10.4 Å². The number of sulfonamides is 2. The van der Waals surface area contributed by atoms with Crippen molar-refractivity contribution in [1.82, 2.24) is 9.97 Å². The lowest BCUT2D eigenvalue weighted by atomic mass is 9.98. The summed E-state index contributed by atoms with van der Waals surface area (Å²) in [5.41, 5.74) is 8.83. The Hall–Kier alpha value is -3.38. The molecule has 9 nitrogen and oxygen atoms in total. The van der Waals surface area contributed by atoms with E-state index in [9.17, 15) is 16.8 Å². The molecule has 2 heterocycles. The number of nitrogen functional groups attached to an aromatic ring is 1. The molecule has 6 N–H and O–H groups in total. The summed E-state index contributed by atoms with van der Waals surface area (Å²) in [5, 5.41) is 11.2. The van der Waals surface area contributed by atoms with Gasteiger partial charge in [0.15, 0.2) is 0 Å². The van der Waals surface area contributed by atoms with Gasteiger partial charge in [0.25, 0.3) is 0 Å². The van der Waals surface area contributed by atoms with E-state index in [0.717, 1.165) is 10.9 Å². The van der Waals surface area contributed by atoms with E-state index in [-0.39, 0.29) is 15.6 Å². The van der Waals surface area contributed by atoms with Crippen LogP contribution in [0.25, 0.3) is 33.2 Å². The van der Waals surface area contributed by atoms with Crippen molar-refractivity contribution in [3.63, 3.8) is 0 Å². The molecule has 0 saturated carbocycles. The van der Waals surface area contributed by atoms with Crippen LogP contribution in [0.1, 0.15) is 0 Å². The van der Waals surface area contributed by atoms with Crippen LogP contribution >= 0.6 is 0 Å². The maximum atomic E-state index is 11.8. The molecule has 11 heteroatoms. The first-order valence-electron chi connectivity index (χ1n) is 8.85. The Bertz CT molecular complexity index is 1550. The van der Waals surface area contributed by atoms with Crippen molar-refractivity contribution >= 4 is 36.8 Å². The fourth-order valence-corrected chi connectivity index (χ4v) is 4.45. The lowest BCUT2D eigenvalue weighted by Gasteiger charge is -2.11. The number of nitrogens with zero attached hydrogens (tertiary/aromatic N) is 2. The second kappa shape index (κ2) is 7.39. The van der Waals surface area contributed by atoms with E-state index in [2.05, 4.69) is 9.97 Å². The number of fused-ring (bicyclic) bond motifs is 1. The van der Waals surface area contributed by atoms with E-state index in [1.54, 1.807) is 42.6 Å². The van der Waals surface area contributed by atoms with Gasteiger partial charge in [0.1, 0.15) is 10.7 Å². The minimum atomic E-state index is -4.04. The summed E-state index contributed by atoms with van der Waals surface area (Å²) in [4.78, 5) is 8.02. The molecule has 0 radical (unpaired) electrons. The summed E-state index contributed by atoms with van der Waals surface area (Å²) in [6, 6.07) is 14.7. The van der Waals surface area contributed by atoms with E-state index in [1.165, 1.54) is 24.4 Å². The first kappa shape index (κ1) is 20.9. The topological polar surface area (TPSA) is 172 Å². The van der Waals surface area contributed by atoms with Gasteiger partial charge < -0.3 is 5.73 Å². The highest BCUT2D eigenvalue weighted by atomic mass is 32.2. The van der Waals surface area contributed by atoms with Crippen LogP contribution in [0.15, 0.2) is 76.8 Å². The van der Waals surface area contributed by atoms with Crippen LogP contribution < -0.4 is 16.0 Å². The maximum Gasteiger partial charge on any atom is 0.241 e. The van der Waals surface area contributed by atoms with Crippen molar-refractivity contribution < 1.29 is 16.8 Å². The van der Waals surface area contributed by atoms with Gasteiger partial charge in [-0.2, -0.15) is 0 Å². The summed E-state index contributed by atoms with van der Waals surface area (Å²) in [7, 11) is -7.91. The average Bonchev–Trinajstić information content (AvgIpc) is 2.72. The molecule has 31 heavy (non-hydrogen) atoms. The Balaban J connectivity index is 1.92. The quantitative estimate of drug-likeness (QED) is 0.421. The third kappa shape index (κ3) is 4.11. The second-order valence-electron chi connectivity index (χ2n) is 6.82. The normalized spacial score (nSPS) is 12.2. The first-order chi connectivity index (χ1) is 14.5. The number of nitrogens with two attached hydrogens (primary N) is 3. The largest absolute Gasteiger partial charge is 0.383 e. The van der Waals surface area contributed by atoms with Crippen LogP contribution in [0, 0.1) is 0 Å². The Morgan fingerprint density at radius 2 is 1.52 bits per heavy atom. The van der Waals surface area contributed by atoms with Crippen LogP contribution in [0.4, 0.5) is 5.82 Å². The van der Waals surface area contributed by atoms with E-state index >= 15 is 0 Å². The Morgan fingerprint density at radius 1 is 0.742 bits per heavy atom. The van der Waals surface area contributed by atoms with E-state index < -0.39 is 20.0 Å². The van der Waals surface area contributed by atoms with E-state index in [4.69, 9.17) is 16.0 Å². The third-order valence-electron chi connectivity index (χ3n) is 4.74. The summed E-state index contributed by atoms with van der Waals surface area (Å²) in [5.74, 6) is -0.186. The predicted molar refractivity (Wildman–Crippen MR) is 118 cm³/mol. The van der Waals surface area contributed by atoms with Crippen LogP contribution in [0.5, 0.6) is 0 Å². The SMILES string of the molecule is Nc1ncc(-c2ccc3nccc(-c4cccc(S(N)(=O)=O)c4)c3c2)cc1S(N)(=O)=O. The molecular weight excluding hydrogens is 438 g/mol. The molecule has 0 spiro atoms. The van der Waals surface area contributed by atoms with Crippen molar-refractivity contribution in [2.75, 3.05) is 5.73 Å². The zero-order chi connectivity index (χ0) is 22.4. The fraction of sp³-hybridized carbons (Fsp3) is 0. The monoisotopic (exact) mass is 455 g/mol. The lowest BCUT2D eigenvalue weighted by Crippen LogP contribution is -2.15. The van der Waals surface area contributed by atoms with Crippen molar-refractivity contribution in [3.8, 4) is 22.3 Å². The van der Waals surface area contributed by atoms with Crippen molar-refractivity contribution in [2.24, 2.45) is 10.3 Å².